The van der Waals surface area contributed by atoms with Crippen LogP contribution < -0.4 is 15.4 Å². The van der Waals surface area contributed by atoms with Gasteiger partial charge in [-0.3, -0.25) is 14.6 Å². The summed E-state index contributed by atoms with van der Waals surface area (Å²) in [5.74, 6) is 0.638. The molecule has 0 saturated heterocycles. The molecule has 0 fully saturated rings. The van der Waals surface area contributed by atoms with Crippen molar-refractivity contribution >= 4 is 17.5 Å². The lowest BCUT2D eigenvalue weighted by atomic mass is 9.91. The van der Waals surface area contributed by atoms with Gasteiger partial charge in [-0.25, -0.2) is 0 Å². The fourth-order valence-corrected chi connectivity index (χ4v) is 2.53. The number of hydrogen-bond donors (Lipinski definition) is 2. The first kappa shape index (κ1) is 20.1. The first-order valence-corrected chi connectivity index (χ1v) is 9.27. The van der Waals surface area contributed by atoms with Gasteiger partial charge in [0.25, 0.3) is 0 Å². The molecule has 0 aliphatic rings. The molecule has 29 heavy (non-hydrogen) atoms. The van der Waals surface area contributed by atoms with E-state index in [4.69, 9.17) is 4.74 Å². The Morgan fingerprint density at radius 3 is 2.24 bits per heavy atom. The summed E-state index contributed by atoms with van der Waals surface area (Å²) < 4.78 is 5.74. The molecule has 1 aromatic heterocycles. The van der Waals surface area contributed by atoms with Crippen molar-refractivity contribution in [2.24, 2.45) is 5.41 Å². The molecule has 0 aliphatic carbocycles. The summed E-state index contributed by atoms with van der Waals surface area (Å²) in [7, 11) is 0. The summed E-state index contributed by atoms with van der Waals surface area (Å²) in [5.41, 5.74) is 0.219. The number of nitrogens with zero attached hydrogens (tertiary/aromatic N) is 1. The zero-order chi connectivity index (χ0) is 20.7. The minimum absolute atomic E-state index is 0.314. The molecule has 0 radical (unpaired) electrons. The van der Waals surface area contributed by atoms with Gasteiger partial charge < -0.3 is 15.4 Å². The van der Waals surface area contributed by atoms with Gasteiger partial charge in [0.05, 0.1) is 0 Å². The average molecular weight is 389 g/mol. The van der Waals surface area contributed by atoms with Crippen molar-refractivity contribution in [2.75, 3.05) is 5.32 Å². The van der Waals surface area contributed by atoms with E-state index in [0.29, 0.717) is 18.0 Å². The highest BCUT2D eigenvalue weighted by Crippen LogP contribution is 2.24. The first-order valence-electron chi connectivity index (χ1n) is 9.27. The highest BCUT2D eigenvalue weighted by Gasteiger charge is 2.35. The second-order valence-corrected chi connectivity index (χ2v) is 7.06. The number of pyridine rings is 1. The monoisotopic (exact) mass is 389 g/mol. The number of nitrogens with one attached hydrogen (secondary N) is 2. The third kappa shape index (κ3) is 5.42. The molecule has 0 atom stereocenters. The Bertz CT molecular complexity index is 956. The lowest BCUT2D eigenvalue weighted by Gasteiger charge is -2.22. The van der Waals surface area contributed by atoms with E-state index in [1.54, 1.807) is 56.6 Å². The second-order valence-electron chi connectivity index (χ2n) is 7.06. The Morgan fingerprint density at radius 1 is 0.897 bits per heavy atom. The number of amides is 2. The fraction of sp³-hybridized carbons (Fsp3) is 0.174. The van der Waals surface area contributed by atoms with Crippen LogP contribution in [0.15, 0.2) is 79.1 Å². The number of benzene rings is 2. The van der Waals surface area contributed by atoms with Crippen molar-refractivity contribution < 1.29 is 14.3 Å². The maximum absolute atomic E-state index is 12.6. The van der Waals surface area contributed by atoms with Crippen molar-refractivity contribution in [3.8, 4) is 11.5 Å². The van der Waals surface area contributed by atoms with E-state index in [1.165, 1.54) is 0 Å². The van der Waals surface area contributed by atoms with Gasteiger partial charge in [0.1, 0.15) is 16.9 Å². The molecule has 0 saturated carbocycles. The minimum Gasteiger partial charge on any atom is -0.457 e. The van der Waals surface area contributed by atoms with Crippen LogP contribution in [0.4, 0.5) is 5.69 Å². The lowest BCUT2D eigenvalue weighted by molar-refractivity contribution is -0.138. The Morgan fingerprint density at radius 2 is 1.59 bits per heavy atom. The Kier molecular flexibility index (Phi) is 6.24. The van der Waals surface area contributed by atoms with Gasteiger partial charge in [-0.2, -0.15) is 0 Å². The van der Waals surface area contributed by atoms with Crippen LogP contribution in [0.3, 0.4) is 0 Å². The molecule has 1 heterocycles. The minimum atomic E-state index is -1.23. The number of carbonyl (C=O) groups is 2. The van der Waals surface area contributed by atoms with Crippen LogP contribution in [0.1, 0.15) is 19.4 Å². The lowest BCUT2D eigenvalue weighted by Crippen LogP contribution is -2.44. The Hall–Kier alpha value is -3.67. The summed E-state index contributed by atoms with van der Waals surface area (Å²) >= 11 is 0. The number of ether oxygens (including phenoxy) is 1. The second kappa shape index (κ2) is 9.01. The SMILES string of the molecule is CC(C)(C(=O)NCc1cccnc1)C(=O)Nc1ccc(Oc2ccccc2)cc1. The smallest absolute Gasteiger partial charge is 0.239 e. The summed E-state index contributed by atoms with van der Waals surface area (Å²) in [6.07, 6.45) is 3.34. The van der Waals surface area contributed by atoms with E-state index in [1.807, 2.05) is 36.4 Å². The van der Waals surface area contributed by atoms with Crippen molar-refractivity contribution in [3.05, 3.63) is 84.7 Å². The van der Waals surface area contributed by atoms with Crippen molar-refractivity contribution in [1.82, 2.24) is 10.3 Å². The molecule has 2 amide bonds. The predicted molar refractivity (Wildman–Crippen MR) is 111 cm³/mol. The zero-order valence-corrected chi connectivity index (χ0v) is 16.4. The molecule has 0 spiro atoms. The topological polar surface area (TPSA) is 80.3 Å². The average Bonchev–Trinajstić information content (AvgIpc) is 2.74. The highest BCUT2D eigenvalue weighted by molar-refractivity contribution is 6.09. The Balaban J connectivity index is 1.57. The van der Waals surface area contributed by atoms with Crippen LogP contribution in [-0.4, -0.2) is 16.8 Å². The van der Waals surface area contributed by atoms with Gasteiger partial charge in [-0.05, 0) is 61.9 Å². The van der Waals surface area contributed by atoms with Crippen molar-refractivity contribution in [2.45, 2.75) is 20.4 Å². The van der Waals surface area contributed by atoms with Gasteiger partial charge in [0.15, 0.2) is 0 Å². The van der Waals surface area contributed by atoms with Gasteiger partial charge >= 0.3 is 0 Å². The highest BCUT2D eigenvalue weighted by atomic mass is 16.5. The van der Waals surface area contributed by atoms with Crippen LogP contribution in [-0.2, 0) is 16.1 Å². The molecular weight excluding hydrogens is 366 g/mol. The fourth-order valence-electron chi connectivity index (χ4n) is 2.53. The molecule has 2 N–H and O–H groups in total. The van der Waals surface area contributed by atoms with Crippen molar-refractivity contribution in [1.29, 1.82) is 0 Å². The number of rotatable bonds is 7. The quantitative estimate of drug-likeness (QED) is 0.595. The van der Waals surface area contributed by atoms with Crippen LogP contribution >= 0.6 is 0 Å². The van der Waals surface area contributed by atoms with E-state index >= 15 is 0 Å². The molecule has 6 heteroatoms. The van der Waals surface area contributed by atoms with Crippen LogP contribution in [0, 0.1) is 5.41 Å². The summed E-state index contributed by atoms with van der Waals surface area (Å²) in [5, 5.41) is 5.57. The third-order valence-corrected chi connectivity index (χ3v) is 4.40. The number of hydrogen-bond acceptors (Lipinski definition) is 4. The molecule has 0 unspecified atom stereocenters. The molecule has 3 rings (SSSR count). The first-order chi connectivity index (χ1) is 13.9. The Labute approximate surface area is 169 Å². The molecule has 148 valence electrons. The van der Waals surface area contributed by atoms with E-state index < -0.39 is 11.3 Å². The zero-order valence-electron chi connectivity index (χ0n) is 16.4. The normalized spacial score (nSPS) is 10.8. The van der Waals surface area contributed by atoms with E-state index in [-0.39, 0.29) is 5.91 Å². The van der Waals surface area contributed by atoms with E-state index in [0.717, 1.165) is 11.3 Å². The summed E-state index contributed by atoms with van der Waals surface area (Å²) in [6, 6.07) is 20.1. The predicted octanol–water partition coefficient (Wildman–Crippen LogP) is 4.16. The van der Waals surface area contributed by atoms with E-state index in [2.05, 4.69) is 15.6 Å². The van der Waals surface area contributed by atoms with Crippen LogP contribution in [0.25, 0.3) is 0 Å². The van der Waals surface area contributed by atoms with Gasteiger partial charge in [-0.15, -0.1) is 0 Å². The van der Waals surface area contributed by atoms with Crippen LogP contribution in [0.2, 0.25) is 0 Å². The molecule has 6 nitrogen and oxygen atoms in total. The van der Waals surface area contributed by atoms with Gasteiger partial charge in [0, 0.05) is 24.6 Å². The molecular formula is C23H23N3O3. The van der Waals surface area contributed by atoms with E-state index in [9.17, 15) is 9.59 Å². The molecule has 3 aromatic rings. The van der Waals surface area contributed by atoms with Gasteiger partial charge in [0.2, 0.25) is 11.8 Å². The molecule has 0 bridgehead atoms. The summed E-state index contributed by atoms with van der Waals surface area (Å²) in [6.45, 7) is 3.50. The number of carbonyl (C=O) groups excluding carboxylic acids is 2. The maximum Gasteiger partial charge on any atom is 0.239 e. The number of aromatic nitrogens is 1. The van der Waals surface area contributed by atoms with Gasteiger partial charge in [-0.1, -0.05) is 24.3 Å². The number of anilines is 1. The summed E-state index contributed by atoms with van der Waals surface area (Å²) in [4.78, 5) is 29.2. The molecule has 0 aliphatic heterocycles. The maximum atomic E-state index is 12.6. The number of para-hydroxylation sites is 1. The van der Waals surface area contributed by atoms with Crippen LogP contribution in [0.5, 0.6) is 11.5 Å². The third-order valence-electron chi connectivity index (χ3n) is 4.40. The van der Waals surface area contributed by atoms with Crippen molar-refractivity contribution in [3.63, 3.8) is 0 Å². The molecule has 2 aromatic carbocycles. The largest absolute Gasteiger partial charge is 0.457 e. The standard InChI is InChI=1S/C23H23N3O3/c1-23(2,21(27)25-16-17-7-6-14-24-15-17)22(28)26-18-10-12-20(13-11-18)29-19-8-4-3-5-9-19/h3-15H,16H2,1-2H3,(H,25,27)(H,26,28).